The van der Waals surface area contributed by atoms with Crippen LogP contribution in [0.5, 0.6) is 17.2 Å². The van der Waals surface area contributed by atoms with Gasteiger partial charge in [0.2, 0.25) is 5.75 Å². The Morgan fingerprint density at radius 3 is 2.52 bits per heavy atom. The molecule has 0 bridgehead atoms. The predicted octanol–water partition coefficient (Wildman–Crippen LogP) is 2.01. The number of phenols is 3. The molecular weight excluding hydrogens is 268 g/mol. The molecule has 1 aromatic rings. The number of likely N-dealkylation sites (tertiary alicyclic amines) is 1. The lowest BCUT2D eigenvalue weighted by molar-refractivity contribution is 0.199. The minimum Gasteiger partial charge on any atom is -0.504 e. The van der Waals surface area contributed by atoms with Gasteiger partial charge in [0.05, 0.1) is 0 Å². The van der Waals surface area contributed by atoms with Crippen LogP contribution in [0.1, 0.15) is 31.7 Å². The van der Waals surface area contributed by atoms with E-state index in [4.69, 9.17) is 0 Å². The normalized spacial score (nSPS) is 17.8. The zero-order valence-electron chi connectivity index (χ0n) is 12.7. The summed E-state index contributed by atoms with van der Waals surface area (Å²) in [5.41, 5.74) is 0.593. The molecule has 0 amide bonds. The van der Waals surface area contributed by atoms with Crippen molar-refractivity contribution in [3.05, 3.63) is 17.7 Å². The highest BCUT2D eigenvalue weighted by atomic mass is 16.3. The van der Waals surface area contributed by atoms with Crippen molar-refractivity contribution in [2.75, 3.05) is 26.2 Å². The number of nitrogens with zero attached hydrogens (tertiary/aromatic N) is 1. The third-order valence-corrected chi connectivity index (χ3v) is 4.04. The molecule has 1 aliphatic heterocycles. The molecule has 0 aliphatic carbocycles. The molecule has 21 heavy (non-hydrogen) atoms. The highest BCUT2D eigenvalue weighted by Gasteiger charge is 2.14. The first kappa shape index (κ1) is 15.9. The average Bonchev–Trinajstić information content (AvgIpc) is 2.48. The van der Waals surface area contributed by atoms with Gasteiger partial charge >= 0.3 is 0 Å². The van der Waals surface area contributed by atoms with Crippen molar-refractivity contribution in [1.29, 1.82) is 0 Å². The molecule has 118 valence electrons. The minimum atomic E-state index is -0.448. The van der Waals surface area contributed by atoms with Gasteiger partial charge in [0, 0.05) is 18.7 Å². The second kappa shape index (κ2) is 7.52. The van der Waals surface area contributed by atoms with Crippen molar-refractivity contribution in [3.8, 4) is 17.2 Å². The molecule has 5 nitrogen and oxygen atoms in total. The van der Waals surface area contributed by atoms with Crippen LogP contribution in [0.25, 0.3) is 0 Å². The summed E-state index contributed by atoms with van der Waals surface area (Å²) in [6.45, 7) is 7.06. The first-order valence-corrected chi connectivity index (χ1v) is 7.73. The first-order valence-electron chi connectivity index (χ1n) is 7.73. The van der Waals surface area contributed by atoms with Crippen LogP contribution in [0.15, 0.2) is 12.1 Å². The third-order valence-electron chi connectivity index (χ3n) is 4.04. The molecule has 5 heteroatoms. The zero-order valence-corrected chi connectivity index (χ0v) is 12.7. The maximum absolute atomic E-state index is 9.75. The molecule has 1 saturated heterocycles. The lowest BCUT2D eigenvalue weighted by atomic mass is 10.1. The molecule has 1 fully saturated rings. The van der Waals surface area contributed by atoms with Crippen molar-refractivity contribution >= 4 is 0 Å². The van der Waals surface area contributed by atoms with Gasteiger partial charge in [-0.3, -0.25) is 0 Å². The second-order valence-corrected chi connectivity index (χ2v) is 6.04. The molecule has 1 heterocycles. The van der Waals surface area contributed by atoms with Crippen LogP contribution < -0.4 is 5.32 Å². The quantitative estimate of drug-likeness (QED) is 0.604. The Balaban J connectivity index is 1.74. The van der Waals surface area contributed by atoms with Crippen LogP contribution in [0, 0.1) is 5.92 Å². The fourth-order valence-electron chi connectivity index (χ4n) is 2.85. The van der Waals surface area contributed by atoms with E-state index in [1.807, 2.05) is 0 Å². The number of aromatic hydroxyl groups is 3. The van der Waals surface area contributed by atoms with Gasteiger partial charge < -0.3 is 25.5 Å². The number of hydrogen-bond acceptors (Lipinski definition) is 5. The van der Waals surface area contributed by atoms with Crippen LogP contribution in [0.4, 0.5) is 0 Å². The lowest BCUT2D eigenvalue weighted by Gasteiger charge is -2.29. The maximum atomic E-state index is 9.75. The zero-order chi connectivity index (χ0) is 15.2. The summed E-state index contributed by atoms with van der Waals surface area (Å²) >= 11 is 0. The highest BCUT2D eigenvalue weighted by Crippen LogP contribution is 2.36. The predicted molar refractivity (Wildman–Crippen MR) is 82.6 cm³/mol. The Morgan fingerprint density at radius 2 is 1.81 bits per heavy atom. The SMILES string of the molecule is CC(CNCc1ccc(O)c(O)c1O)CN1CCCCC1. The lowest BCUT2D eigenvalue weighted by Crippen LogP contribution is -2.36. The van der Waals surface area contributed by atoms with Crippen molar-refractivity contribution in [2.45, 2.75) is 32.7 Å². The van der Waals surface area contributed by atoms with Crippen LogP contribution in [0.3, 0.4) is 0 Å². The van der Waals surface area contributed by atoms with E-state index >= 15 is 0 Å². The highest BCUT2D eigenvalue weighted by molar-refractivity contribution is 5.52. The smallest absolute Gasteiger partial charge is 0.200 e. The van der Waals surface area contributed by atoms with E-state index < -0.39 is 5.75 Å². The Labute approximate surface area is 126 Å². The van der Waals surface area contributed by atoms with Crippen molar-refractivity contribution < 1.29 is 15.3 Å². The molecular formula is C16H26N2O3. The topological polar surface area (TPSA) is 76.0 Å². The first-order chi connectivity index (χ1) is 10.1. The van der Waals surface area contributed by atoms with Gasteiger partial charge in [-0.15, -0.1) is 0 Å². The van der Waals surface area contributed by atoms with Crippen LogP contribution in [-0.4, -0.2) is 46.4 Å². The number of phenolic OH excluding ortho intramolecular Hbond substituents is 3. The number of nitrogens with one attached hydrogen (secondary N) is 1. The molecule has 1 aromatic carbocycles. The monoisotopic (exact) mass is 294 g/mol. The fourth-order valence-corrected chi connectivity index (χ4v) is 2.85. The molecule has 4 N–H and O–H groups in total. The number of benzene rings is 1. The molecule has 0 spiro atoms. The van der Waals surface area contributed by atoms with E-state index in [2.05, 4.69) is 17.1 Å². The Morgan fingerprint density at radius 1 is 1.10 bits per heavy atom. The standard InChI is InChI=1S/C16H26N2O3/c1-12(11-18-7-3-2-4-8-18)9-17-10-13-5-6-14(19)16(21)15(13)20/h5-6,12,17,19-21H,2-4,7-11H2,1H3. The molecule has 1 atom stereocenters. The Kier molecular flexibility index (Phi) is 5.70. The summed E-state index contributed by atoms with van der Waals surface area (Å²) in [6, 6.07) is 3.01. The van der Waals surface area contributed by atoms with Crippen LogP contribution in [0.2, 0.25) is 0 Å². The van der Waals surface area contributed by atoms with E-state index in [9.17, 15) is 15.3 Å². The average molecular weight is 294 g/mol. The summed E-state index contributed by atoms with van der Waals surface area (Å²) in [7, 11) is 0. The van der Waals surface area contributed by atoms with E-state index in [1.54, 1.807) is 6.07 Å². The van der Waals surface area contributed by atoms with Gasteiger partial charge in [0.1, 0.15) is 0 Å². The molecule has 2 rings (SSSR count). The Hall–Kier alpha value is -1.46. The van der Waals surface area contributed by atoms with Gasteiger partial charge in [-0.25, -0.2) is 0 Å². The number of hydrogen-bond donors (Lipinski definition) is 4. The van der Waals surface area contributed by atoms with E-state index in [-0.39, 0.29) is 11.5 Å². The molecule has 1 unspecified atom stereocenters. The van der Waals surface area contributed by atoms with Gasteiger partial charge in [0.25, 0.3) is 0 Å². The van der Waals surface area contributed by atoms with E-state index in [0.29, 0.717) is 18.0 Å². The van der Waals surface area contributed by atoms with Crippen LogP contribution in [-0.2, 0) is 6.54 Å². The van der Waals surface area contributed by atoms with Crippen LogP contribution >= 0.6 is 0 Å². The number of piperidine rings is 1. The van der Waals surface area contributed by atoms with E-state index in [0.717, 1.165) is 13.1 Å². The van der Waals surface area contributed by atoms with Crippen molar-refractivity contribution in [3.63, 3.8) is 0 Å². The molecule has 0 aromatic heterocycles. The summed E-state index contributed by atoms with van der Waals surface area (Å²) in [6.07, 6.45) is 3.97. The minimum absolute atomic E-state index is 0.244. The summed E-state index contributed by atoms with van der Waals surface area (Å²) in [5.74, 6) is -0.451. The van der Waals surface area contributed by atoms with Gasteiger partial charge in [-0.1, -0.05) is 19.4 Å². The van der Waals surface area contributed by atoms with Gasteiger partial charge in [-0.05, 0) is 44.5 Å². The van der Waals surface area contributed by atoms with Gasteiger partial charge in [-0.2, -0.15) is 0 Å². The largest absolute Gasteiger partial charge is 0.504 e. The van der Waals surface area contributed by atoms with Crippen molar-refractivity contribution in [1.82, 2.24) is 10.2 Å². The molecule has 0 radical (unpaired) electrons. The second-order valence-electron chi connectivity index (χ2n) is 6.04. The fraction of sp³-hybridized carbons (Fsp3) is 0.625. The van der Waals surface area contributed by atoms with Gasteiger partial charge in [0.15, 0.2) is 11.5 Å². The Bertz CT molecular complexity index is 459. The van der Waals surface area contributed by atoms with E-state index in [1.165, 1.54) is 38.4 Å². The maximum Gasteiger partial charge on any atom is 0.200 e. The summed E-state index contributed by atoms with van der Waals surface area (Å²) in [4.78, 5) is 2.51. The third kappa shape index (κ3) is 4.51. The summed E-state index contributed by atoms with van der Waals surface area (Å²) in [5, 5.41) is 31.8. The van der Waals surface area contributed by atoms with Crippen molar-refractivity contribution in [2.24, 2.45) is 5.92 Å². The molecule has 1 aliphatic rings. The molecule has 0 saturated carbocycles. The number of rotatable bonds is 6. The summed E-state index contributed by atoms with van der Waals surface area (Å²) < 4.78 is 0.